The van der Waals surface area contributed by atoms with Crippen molar-refractivity contribution < 1.29 is 14.6 Å². The first kappa shape index (κ1) is 17.0. The summed E-state index contributed by atoms with van der Waals surface area (Å²) in [6, 6.07) is 18.9. The first-order valence-electron chi connectivity index (χ1n) is 7.85. The summed E-state index contributed by atoms with van der Waals surface area (Å²) in [5.74, 6) is 0.442. The van der Waals surface area contributed by atoms with Crippen molar-refractivity contribution in [2.45, 2.75) is 19.4 Å². The first-order chi connectivity index (χ1) is 11.2. The maximum absolute atomic E-state index is 12.0. The summed E-state index contributed by atoms with van der Waals surface area (Å²) < 4.78 is 5.58. The smallest absolute Gasteiger partial charge is 0.226 e. The highest BCUT2D eigenvalue weighted by Crippen LogP contribution is 2.15. The molecule has 2 aromatic rings. The van der Waals surface area contributed by atoms with E-state index >= 15 is 0 Å². The number of hydrogen-bond donors (Lipinski definition) is 2. The third-order valence-electron chi connectivity index (χ3n) is 3.59. The molecule has 2 N–H and O–H groups in total. The monoisotopic (exact) mass is 313 g/mol. The van der Waals surface area contributed by atoms with Crippen LogP contribution in [0.3, 0.4) is 0 Å². The quantitative estimate of drug-likeness (QED) is 0.788. The van der Waals surface area contributed by atoms with Gasteiger partial charge in [-0.05, 0) is 24.1 Å². The van der Waals surface area contributed by atoms with Gasteiger partial charge in [0, 0.05) is 6.54 Å². The Hall–Kier alpha value is -2.33. The molecular formula is C19H23NO3. The molecule has 0 aliphatic rings. The van der Waals surface area contributed by atoms with Gasteiger partial charge >= 0.3 is 0 Å². The van der Waals surface area contributed by atoms with E-state index in [1.165, 1.54) is 0 Å². The number of rotatable bonds is 8. The summed E-state index contributed by atoms with van der Waals surface area (Å²) in [5.41, 5.74) is 0.863. The molecule has 0 bridgehead atoms. The molecule has 4 heteroatoms. The largest absolute Gasteiger partial charge is 0.493 e. The van der Waals surface area contributed by atoms with Crippen LogP contribution >= 0.6 is 0 Å². The second kappa shape index (κ2) is 8.96. The van der Waals surface area contributed by atoms with Crippen molar-refractivity contribution in [3.05, 3.63) is 66.2 Å². The normalized spacial score (nSPS) is 13.1. The predicted molar refractivity (Wildman–Crippen MR) is 90.1 cm³/mol. The van der Waals surface area contributed by atoms with Gasteiger partial charge in [-0.15, -0.1) is 0 Å². The molecule has 1 amide bonds. The standard InChI is InChI=1S/C19H23NO3/c1-15(14-23-17-10-6-3-7-11-17)19(22)20-13-12-18(21)16-8-4-2-5-9-16/h2-11,15,18,21H,12-14H2,1H3,(H,20,22). The van der Waals surface area contributed by atoms with Gasteiger partial charge in [0.05, 0.1) is 18.6 Å². The van der Waals surface area contributed by atoms with Crippen molar-refractivity contribution in [3.8, 4) is 5.75 Å². The van der Waals surface area contributed by atoms with Gasteiger partial charge in [0.1, 0.15) is 5.75 Å². The second-order valence-corrected chi connectivity index (χ2v) is 5.53. The minimum absolute atomic E-state index is 0.0683. The van der Waals surface area contributed by atoms with Crippen LogP contribution in [-0.2, 0) is 4.79 Å². The summed E-state index contributed by atoms with van der Waals surface area (Å²) in [5, 5.41) is 12.9. The highest BCUT2D eigenvalue weighted by atomic mass is 16.5. The van der Waals surface area contributed by atoms with E-state index in [4.69, 9.17) is 4.74 Å². The van der Waals surface area contributed by atoms with Crippen LogP contribution < -0.4 is 10.1 Å². The van der Waals surface area contributed by atoms with E-state index in [1.807, 2.05) is 67.6 Å². The van der Waals surface area contributed by atoms with Gasteiger partial charge in [-0.1, -0.05) is 55.5 Å². The highest BCUT2D eigenvalue weighted by Gasteiger charge is 2.14. The van der Waals surface area contributed by atoms with E-state index in [2.05, 4.69) is 5.32 Å². The topological polar surface area (TPSA) is 58.6 Å². The van der Waals surface area contributed by atoms with Crippen LogP contribution in [0.4, 0.5) is 0 Å². The number of para-hydroxylation sites is 1. The number of amides is 1. The molecule has 2 atom stereocenters. The molecule has 0 fully saturated rings. The Kier molecular flexibility index (Phi) is 6.63. The maximum atomic E-state index is 12.0. The molecule has 122 valence electrons. The minimum Gasteiger partial charge on any atom is -0.493 e. The molecule has 2 rings (SSSR count). The molecule has 0 saturated carbocycles. The van der Waals surface area contributed by atoms with E-state index in [0.29, 0.717) is 19.6 Å². The summed E-state index contributed by atoms with van der Waals surface area (Å²) >= 11 is 0. The van der Waals surface area contributed by atoms with Crippen LogP contribution in [0, 0.1) is 5.92 Å². The zero-order valence-electron chi connectivity index (χ0n) is 13.3. The third kappa shape index (κ3) is 5.75. The van der Waals surface area contributed by atoms with Crippen molar-refractivity contribution in [2.24, 2.45) is 5.92 Å². The van der Waals surface area contributed by atoms with Crippen molar-refractivity contribution >= 4 is 5.91 Å². The second-order valence-electron chi connectivity index (χ2n) is 5.53. The molecule has 0 aliphatic heterocycles. The van der Waals surface area contributed by atoms with Gasteiger partial charge < -0.3 is 15.2 Å². The average Bonchev–Trinajstić information content (AvgIpc) is 2.61. The minimum atomic E-state index is -0.563. The highest BCUT2D eigenvalue weighted by molar-refractivity contribution is 5.78. The van der Waals surface area contributed by atoms with Gasteiger partial charge in [-0.3, -0.25) is 4.79 Å². The summed E-state index contributed by atoms with van der Waals surface area (Å²) in [6.07, 6.45) is -0.0745. The fourth-order valence-electron chi connectivity index (χ4n) is 2.16. The van der Waals surface area contributed by atoms with Crippen molar-refractivity contribution in [1.29, 1.82) is 0 Å². The fraction of sp³-hybridized carbons (Fsp3) is 0.316. The fourth-order valence-corrected chi connectivity index (χ4v) is 2.16. The van der Waals surface area contributed by atoms with Gasteiger partial charge in [0.2, 0.25) is 5.91 Å². The van der Waals surface area contributed by atoms with Crippen LogP contribution in [0.15, 0.2) is 60.7 Å². The number of aliphatic hydroxyl groups excluding tert-OH is 1. The van der Waals surface area contributed by atoms with E-state index in [1.54, 1.807) is 0 Å². The summed E-state index contributed by atoms with van der Waals surface area (Å²) in [7, 11) is 0. The molecule has 0 saturated heterocycles. The number of benzene rings is 2. The van der Waals surface area contributed by atoms with Crippen molar-refractivity contribution in [1.82, 2.24) is 5.32 Å². The number of nitrogens with one attached hydrogen (secondary N) is 1. The molecule has 23 heavy (non-hydrogen) atoms. The third-order valence-corrected chi connectivity index (χ3v) is 3.59. The lowest BCUT2D eigenvalue weighted by Crippen LogP contribution is -2.33. The van der Waals surface area contributed by atoms with E-state index in [0.717, 1.165) is 11.3 Å². The maximum Gasteiger partial charge on any atom is 0.226 e. The summed E-state index contributed by atoms with van der Waals surface area (Å²) in [6.45, 7) is 2.59. The van der Waals surface area contributed by atoms with Gasteiger partial charge in [0.25, 0.3) is 0 Å². The Morgan fingerprint density at radius 3 is 2.35 bits per heavy atom. The van der Waals surface area contributed by atoms with Crippen LogP contribution in [0.2, 0.25) is 0 Å². The lowest BCUT2D eigenvalue weighted by Gasteiger charge is -2.15. The van der Waals surface area contributed by atoms with Gasteiger partial charge in [0.15, 0.2) is 0 Å². The summed E-state index contributed by atoms with van der Waals surface area (Å²) in [4.78, 5) is 12.0. The lowest BCUT2D eigenvalue weighted by atomic mass is 10.1. The molecule has 0 aromatic heterocycles. The molecule has 2 aromatic carbocycles. The first-order valence-corrected chi connectivity index (χ1v) is 7.85. The Bertz CT molecular complexity index is 586. The number of carbonyl (C=O) groups is 1. The van der Waals surface area contributed by atoms with Crippen LogP contribution in [0.25, 0.3) is 0 Å². The van der Waals surface area contributed by atoms with Crippen LogP contribution in [0.5, 0.6) is 5.75 Å². The van der Waals surface area contributed by atoms with Gasteiger partial charge in [-0.2, -0.15) is 0 Å². The number of hydrogen-bond acceptors (Lipinski definition) is 3. The zero-order chi connectivity index (χ0) is 16.5. The Morgan fingerprint density at radius 2 is 1.70 bits per heavy atom. The number of carbonyl (C=O) groups excluding carboxylic acids is 1. The number of aliphatic hydroxyl groups is 1. The molecule has 0 spiro atoms. The molecule has 0 aliphatic carbocycles. The predicted octanol–water partition coefficient (Wildman–Crippen LogP) is 2.94. The SMILES string of the molecule is CC(COc1ccccc1)C(=O)NCCC(O)c1ccccc1. The van der Waals surface area contributed by atoms with E-state index < -0.39 is 6.10 Å². The molecule has 2 unspecified atom stereocenters. The van der Waals surface area contributed by atoms with Crippen molar-refractivity contribution in [3.63, 3.8) is 0 Å². The molecule has 4 nitrogen and oxygen atoms in total. The number of ether oxygens (including phenoxy) is 1. The Balaban J connectivity index is 1.68. The lowest BCUT2D eigenvalue weighted by molar-refractivity contribution is -0.125. The van der Waals surface area contributed by atoms with Crippen LogP contribution in [0.1, 0.15) is 25.0 Å². The molecule has 0 heterocycles. The Labute approximate surface area is 137 Å². The zero-order valence-corrected chi connectivity index (χ0v) is 13.3. The average molecular weight is 313 g/mol. The van der Waals surface area contributed by atoms with Crippen LogP contribution in [-0.4, -0.2) is 24.2 Å². The molecule has 0 radical (unpaired) electrons. The van der Waals surface area contributed by atoms with E-state index in [9.17, 15) is 9.90 Å². The Morgan fingerprint density at radius 1 is 1.09 bits per heavy atom. The van der Waals surface area contributed by atoms with Crippen molar-refractivity contribution in [2.75, 3.05) is 13.2 Å². The molecular weight excluding hydrogens is 290 g/mol. The van der Waals surface area contributed by atoms with Gasteiger partial charge in [-0.25, -0.2) is 0 Å². The van der Waals surface area contributed by atoms with E-state index in [-0.39, 0.29) is 11.8 Å².